The lowest BCUT2D eigenvalue weighted by Crippen LogP contribution is -2.56. The summed E-state index contributed by atoms with van der Waals surface area (Å²) in [6.07, 6.45) is 5.68. The molecule has 1 aromatic rings. The molecule has 152 valence electrons. The van der Waals surface area contributed by atoms with Gasteiger partial charge in [0.2, 0.25) is 5.91 Å². The molecule has 0 radical (unpaired) electrons. The van der Waals surface area contributed by atoms with E-state index in [1.54, 1.807) is 0 Å². The van der Waals surface area contributed by atoms with Gasteiger partial charge in [-0.05, 0) is 50.0 Å². The van der Waals surface area contributed by atoms with Crippen molar-refractivity contribution < 1.29 is 19.4 Å². The maximum Gasteiger partial charge on any atom is 0.317 e. The van der Waals surface area contributed by atoms with Crippen molar-refractivity contribution in [3.05, 3.63) is 35.9 Å². The highest BCUT2D eigenvalue weighted by Crippen LogP contribution is 2.36. The van der Waals surface area contributed by atoms with Gasteiger partial charge in [-0.1, -0.05) is 30.3 Å². The molecule has 6 heteroatoms. The number of hydrogen-bond acceptors (Lipinski definition) is 4. The molecule has 6 nitrogen and oxygen atoms in total. The van der Waals surface area contributed by atoms with E-state index in [4.69, 9.17) is 4.74 Å². The van der Waals surface area contributed by atoms with Crippen LogP contribution >= 0.6 is 0 Å². The maximum atomic E-state index is 12.9. The zero-order chi connectivity index (χ0) is 19.5. The average molecular weight is 386 g/mol. The number of nitrogens with one attached hydrogen (secondary N) is 1. The van der Waals surface area contributed by atoms with Gasteiger partial charge in [0.05, 0.1) is 18.6 Å². The highest BCUT2D eigenvalue weighted by molar-refractivity contribution is 5.80. The van der Waals surface area contributed by atoms with Crippen LogP contribution in [0.1, 0.15) is 50.2 Å². The normalized spacial score (nSPS) is 29.9. The van der Waals surface area contributed by atoms with Crippen LogP contribution in [-0.4, -0.2) is 53.7 Å². The second-order valence-electron chi connectivity index (χ2n) is 8.55. The number of carbonyl (C=O) groups is 2. The number of carboxylic acids is 1. The van der Waals surface area contributed by atoms with Crippen LogP contribution in [0.2, 0.25) is 0 Å². The van der Waals surface area contributed by atoms with E-state index >= 15 is 0 Å². The number of carbonyl (C=O) groups excluding carboxylic acids is 1. The minimum atomic E-state index is -0.766. The Labute approximate surface area is 166 Å². The first-order valence-electron chi connectivity index (χ1n) is 10.5. The van der Waals surface area contributed by atoms with E-state index in [1.807, 2.05) is 30.3 Å². The topological polar surface area (TPSA) is 78.9 Å². The molecule has 0 bridgehead atoms. The number of nitrogens with zero attached hydrogens (tertiary/aromatic N) is 1. The van der Waals surface area contributed by atoms with Crippen molar-refractivity contribution in [2.24, 2.45) is 11.8 Å². The molecule has 2 saturated carbocycles. The third kappa shape index (κ3) is 4.73. The van der Waals surface area contributed by atoms with E-state index in [2.05, 4.69) is 10.2 Å². The Morgan fingerprint density at radius 3 is 2.57 bits per heavy atom. The second-order valence-corrected chi connectivity index (χ2v) is 8.55. The molecular weight excluding hydrogens is 356 g/mol. The molecule has 2 unspecified atom stereocenters. The van der Waals surface area contributed by atoms with Gasteiger partial charge in [0.1, 0.15) is 0 Å². The van der Waals surface area contributed by atoms with E-state index < -0.39 is 5.97 Å². The Morgan fingerprint density at radius 2 is 1.89 bits per heavy atom. The summed E-state index contributed by atoms with van der Waals surface area (Å²) < 4.78 is 5.95. The predicted molar refractivity (Wildman–Crippen MR) is 105 cm³/mol. The molecule has 1 amide bonds. The zero-order valence-electron chi connectivity index (χ0n) is 16.3. The van der Waals surface area contributed by atoms with Crippen molar-refractivity contribution in [1.29, 1.82) is 0 Å². The van der Waals surface area contributed by atoms with Crippen molar-refractivity contribution in [2.75, 3.05) is 19.7 Å². The summed E-state index contributed by atoms with van der Waals surface area (Å²) in [7, 11) is 0. The lowest BCUT2D eigenvalue weighted by atomic mass is 9.83. The summed E-state index contributed by atoms with van der Waals surface area (Å²) in [5.74, 6) is -0.182. The van der Waals surface area contributed by atoms with Crippen LogP contribution in [-0.2, 0) is 14.3 Å². The number of amides is 1. The molecule has 1 heterocycles. The lowest BCUT2D eigenvalue weighted by Gasteiger charge is -2.43. The van der Waals surface area contributed by atoms with Crippen molar-refractivity contribution >= 4 is 11.9 Å². The molecule has 28 heavy (non-hydrogen) atoms. The Bertz CT molecular complexity index is 685. The highest BCUT2D eigenvalue weighted by Gasteiger charge is 2.40. The number of ether oxygens (including phenoxy) is 1. The van der Waals surface area contributed by atoms with Gasteiger partial charge < -0.3 is 15.2 Å². The fourth-order valence-electron chi connectivity index (χ4n) is 4.48. The molecule has 3 fully saturated rings. The fourth-order valence-corrected chi connectivity index (χ4v) is 4.48. The Morgan fingerprint density at radius 1 is 1.14 bits per heavy atom. The Hall–Kier alpha value is -1.92. The van der Waals surface area contributed by atoms with Crippen molar-refractivity contribution in [2.45, 2.75) is 56.7 Å². The van der Waals surface area contributed by atoms with Crippen LogP contribution in [0.15, 0.2) is 30.3 Å². The van der Waals surface area contributed by atoms with E-state index in [9.17, 15) is 14.7 Å². The lowest BCUT2D eigenvalue weighted by molar-refractivity contribution is -0.141. The second kappa shape index (κ2) is 8.62. The first-order chi connectivity index (χ1) is 13.6. The van der Waals surface area contributed by atoms with Crippen LogP contribution in [0.3, 0.4) is 0 Å². The SMILES string of the molecule is O=C(O)CN(CC1CC1)C1CC(NC(=O)C2CCCOC2c2ccccc2)C1. The highest BCUT2D eigenvalue weighted by atomic mass is 16.5. The monoisotopic (exact) mass is 386 g/mol. The van der Waals surface area contributed by atoms with Crippen LogP contribution in [0, 0.1) is 11.8 Å². The summed E-state index contributed by atoms with van der Waals surface area (Å²) in [5, 5.41) is 12.4. The number of benzene rings is 1. The fraction of sp³-hybridized carbons (Fsp3) is 0.636. The van der Waals surface area contributed by atoms with Gasteiger partial charge in [0, 0.05) is 25.2 Å². The van der Waals surface area contributed by atoms with Gasteiger partial charge >= 0.3 is 5.97 Å². The first kappa shape index (κ1) is 19.4. The molecule has 2 aliphatic carbocycles. The van der Waals surface area contributed by atoms with Gasteiger partial charge in [0.15, 0.2) is 0 Å². The van der Waals surface area contributed by atoms with Gasteiger partial charge in [0.25, 0.3) is 0 Å². The van der Waals surface area contributed by atoms with Gasteiger partial charge in [-0.15, -0.1) is 0 Å². The molecule has 0 spiro atoms. The molecule has 1 aliphatic heterocycles. The number of hydrogen-bond donors (Lipinski definition) is 2. The van der Waals surface area contributed by atoms with Gasteiger partial charge in [-0.3, -0.25) is 14.5 Å². The minimum absolute atomic E-state index is 0.0731. The average Bonchev–Trinajstić information content (AvgIpc) is 3.48. The smallest absolute Gasteiger partial charge is 0.317 e. The van der Waals surface area contributed by atoms with Crippen LogP contribution in [0.4, 0.5) is 0 Å². The summed E-state index contributed by atoms with van der Waals surface area (Å²) in [6, 6.07) is 10.4. The third-order valence-electron chi connectivity index (χ3n) is 6.29. The summed E-state index contributed by atoms with van der Waals surface area (Å²) in [6.45, 7) is 1.68. The first-order valence-corrected chi connectivity index (χ1v) is 10.5. The standard InChI is InChI=1S/C22H30N2O4/c25-20(26)14-24(13-15-8-9-15)18-11-17(12-18)23-22(27)19-7-4-10-28-21(19)16-5-2-1-3-6-16/h1-3,5-6,15,17-19,21H,4,7-14H2,(H,23,27)(H,25,26). The van der Waals surface area contributed by atoms with Crippen molar-refractivity contribution in [1.82, 2.24) is 10.2 Å². The maximum absolute atomic E-state index is 12.9. The van der Waals surface area contributed by atoms with E-state index in [1.165, 1.54) is 12.8 Å². The number of aliphatic carboxylic acids is 1. The number of carboxylic acid groups (broad SMARTS) is 1. The van der Waals surface area contributed by atoms with E-state index in [-0.39, 0.29) is 36.6 Å². The minimum Gasteiger partial charge on any atom is -0.480 e. The zero-order valence-corrected chi connectivity index (χ0v) is 16.3. The molecule has 3 aliphatic rings. The van der Waals surface area contributed by atoms with Crippen LogP contribution in [0.5, 0.6) is 0 Å². The van der Waals surface area contributed by atoms with Crippen molar-refractivity contribution in [3.8, 4) is 0 Å². The predicted octanol–water partition coefficient (Wildman–Crippen LogP) is 2.60. The van der Waals surface area contributed by atoms with Crippen LogP contribution < -0.4 is 5.32 Å². The third-order valence-corrected chi connectivity index (χ3v) is 6.29. The molecule has 4 rings (SSSR count). The van der Waals surface area contributed by atoms with Crippen LogP contribution in [0.25, 0.3) is 0 Å². The summed E-state index contributed by atoms with van der Waals surface area (Å²) in [5.41, 5.74) is 1.06. The molecule has 1 aromatic carbocycles. The summed E-state index contributed by atoms with van der Waals surface area (Å²) >= 11 is 0. The molecule has 2 atom stereocenters. The molecule has 2 N–H and O–H groups in total. The van der Waals surface area contributed by atoms with Crippen molar-refractivity contribution in [3.63, 3.8) is 0 Å². The number of rotatable bonds is 8. The van der Waals surface area contributed by atoms with Gasteiger partial charge in [-0.2, -0.15) is 0 Å². The molecular formula is C22H30N2O4. The van der Waals surface area contributed by atoms with E-state index in [0.717, 1.165) is 37.8 Å². The quantitative estimate of drug-likeness (QED) is 0.718. The van der Waals surface area contributed by atoms with Gasteiger partial charge in [-0.25, -0.2) is 0 Å². The largest absolute Gasteiger partial charge is 0.480 e. The Kier molecular flexibility index (Phi) is 5.97. The summed E-state index contributed by atoms with van der Waals surface area (Å²) in [4.78, 5) is 26.2. The van der Waals surface area contributed by atoms with E-state index in [0.29, 0.717) is 12.5 Å². The molecule has 0 aromatic heterocycles. The Balaban J connectivity index is 1.30. The molecule has 1 saturated heterocycles.